The topological polar surface area (TPSA) is 75.6 Å². The molecule has 1 aromatic rings. The van der Waals surface area contributed by atoms with Gasteiger partial charge in [-0.05, 0) is 18.2 Å². The Morgan fingerprint density at radius 3 is 2.85 bits per heavy atom. The van der Waals surface area contributed by atoms with Gasteiger partial charge in [0.1, 0.15) is 5.82 Å². The van der Waals surface area contributed by atoms with Gasteiger partial charge in [-0.2, -0.15) is 0 Å². The Balaban J connectivity index is 2.88. The van der Waals surface area contributed by atoms with E-state index in [9.17, 15) is 12.8 Å². The van der Waals surface area contributed by atoms with Crippen molar-refractivity contribution in [3.8, 4) is 11.8 Å². The quantitative estimate of drug-likeness (QED) is 0.767. The molecule has 0 bridgehead atoms. The predicted octanol–water partition coefficient (Wildman–Crippen LogP) is 0.948. The van der Waals surface area contributed by atoms with Crippen LogP contribution < -0.4 is 4.72 Å². The summed E-state index contributed by atoms with van der Waals surface area (Å²) < 4.78 is 43.8. The summed E-state index contributed by atoms with van der Waals surface area (Å²) in [7, 11) is -2.13. The van der Waals surface area contributed by atoms with Crippen LogP contribution in [0.1, 0.15) is 12.0 Å². The largest absolute Gasteiger partial charge is 0.395 e. The number of anilines is 1. The molecule has 0 aromatic heterocycles. The van der Waals surface area contributed by atoms with Crippen molar-refractivity contribution in [3.05, 3.63) is 29.6 Å². The highest BCUT2D eigenvalue weighted by Crippen LogP contribution is 2.15. The Morgan fingerprint density at radius 2 is 2.20 bits per heavy atom. The summed E-state index contributed by atoms with van der Waals surface area (Å²) in [5.41, 5.74) is 0.307. The Morgan fingerprint density at radius 1 is 1.45 bits per heavy atom. The summed E-state index contributed by atoms with van der Waals surface area (Å²) >= 11 is 0. The molecule has 2 N–H and O–H groups in total. The van der Waals surface area contributed by atoms with E-state index in [4.69, 9.17) is 9.84 Å². The van der Waals surface area contributed by atoms with Crippen LogP contribution in [-0.4, -0.2) is 39.6 Å². The van der Waals surface area contributed by atoms with Crippen molar-refractivity contribution in [1.29, 1.82) is 0 Å². The van der Waals surface area contributed by atoms with Gasteiger partial charge in [0.25, 0.3) is 0 Å². The molecule has 1 rings (SSSR count). The fourth-order valence-corrected chi connectivity index (χ4v) is 2.30. The van der Waals surface area contributed by atoms with Gasteiger partial charge < -0.3 is 9.84 Å². The van der Waals surface area contributed by atoms with Crippen LogP contribution in [0.4, 0.5) is 10.1 Å². The smallest absolute Gasteiger partial charge is 0.235 e. The van der Waals surface area contributed by atoms with E-state index < -0.39 is 15.8 Å². The zero-order valence-electron chi connectivity index (χ0n) is 11.0. The van der Waals surface area contributed by atoms with Crippen molar-refractivity contribution < 1.29 is 22.7 Å². The van der Waals surface area contributed by atoms with Gasteiger partial charge in [-0.15, -0.1) is 0 Å². The van der Waals surface area contributed by atoms with Crippen LogP contribution in [0.5, 0.6) is 0 Å². The molecule has 0 unspecified atom stereocenters. The normalized spacial score (nSPS) is 10.8. The van der Waals surface area contributed by atoms with Gasteiger partial charge in [-0.25, -0.2) is 12.8 Å². The SMILES string of the molecule is COCCS(=O)(=O)Nc1ccc(F)c(C#CCCO)c1. The molecule has 0 atom stereocenters. The number of sulfonamides is 1. The standard InChI is InChI=1S/C13H16FNO4S/c1-19-8-9-20(17,18)15-12-5-6-13(14)11(10-12)4-2-3-7-16/h5-6,10,15-16H,3,7-9H2,1H3. The minimum absolute atomic E-state index is 0.0691. The van der Waals surface area contributed by atoms with Gasteiger partial charge in [0.2, 0.25) is 10.0 Å². The van der Waals surface area contributed by atoms with E-state index in [1.54, 1.807) is 0 Å². The minimum Gasteiger partial charge on any atom is -0.395 e. The third-order valence-corrected chi connectivity index (χ3v) is 3.51. The van der Waals surface area contributed by atoms with Crippen molar-refractivity contribution in [3.63, 3.8) is 0 Å². The number of aliphatic hydroxyl groups excluding tert-OH is 1. The zero-order valence-corrected chi connectivity index (χ0v) is 11.8. The van der Waals surface area contributed by atoms with E-state index in [-0.39, 0.29) is 36.6 Å². The fourth-order valence-electron chi connectivity index (χ4n) is 1.32. The molecule has 0 aliphatic heterocycles. The molecule has 0 aliphatic rings. The van der Waals surface area contributed by atoms with Crippen LogP contribution >= 0.6 is 0 Å². The lowest BCUT2D eigenvalue weighted by Crippen LogP contribution is -2.19. The summed E-state index contributed by atoms with van der Waals surface area (Å²) in [6, 6.07) is 3.76. The van der Waals surface area contributed by atoms with E-state index in [1.165, 1.54) is 19.2 Å². The van der Waals surface area contributed by atoms with Crippen LogP contribution in [0.25, 0.3) is 0 Å². The summed E-state index contributed by atoms with van der Waals surface area (Å²) in [6.07, 6.45) is 0.225. The van der Waals surface area contributed by atoms with Crippen LogP contribution in [-0.2, 0) is 14.8 Å². The Bertz CT molecular complexity index is 605. The van der Waals surface area contributed by atoms with Crippen molar-refractivity contribution >= 4 is 15.7 Å². The van der Waals surface area contributed by atoms with E-state index in [0.29, 0.717) is 0 Å². The third kappa shape index (κ3) is 5.57. The van der Waals surface area contributed by atoms with Crippen LogP contribution in [0.2, 0.25) is 0 Å². The lowest BCUT2D eigenvalue weighted by molar-refractivity contribution is 0.217. The first-order valence-electron chi connectivity index (χ1n) is 5.87. The molecule has 110 valence electrons. The van der Waals surface area contributed by atoms with Gasteiger partial charge in [0.05, 0.1) is 24.5 Å². The van der Waals surface area contributed by atoms with E-state index in [0.717, 1.165) is 6.07 Å². The second-order valence-corrected chi connectivity index (χ2v) is 5.73. The van der Waals surface area contributed by atoms with Gasteiger partial charge in [-0.3, -0.25) is 4.72 Å². The first-order chi connectivity index (χ1) is 9.48. The number of hydrogen-bond donors (Lipinski definition) is 2. The molecule has 0 fully saturated rings. The molecule has 0 amide bonds. The molecule has 20 heavy (non-hydrogen) atoms. The maximum atomic E-state index is 13.5. The highest BCUT2D eigenvalue weighted by molar-refractivity contribution is 7.92. The summed E-state index contributed by atoms with van der Waals surface area (Å²) in [5, 5.41) is 8.60. The third-order valence-electron chi connectivity index (χ3n) is 2.26. The van der Waals surface area contributed by atoms with Gasteiger partial charge in [-0.1, -0.05) is 11.8 Å². The maximum absolute atomic E-state index is 13.5. The molecular formula is C13H16FNO4S. The van der Waals surface area contributed by atoms with Crippen molar-refractivity contribution in [2.45, 2.75) is 6.42 Å². The van der Waals surface area contributed by atoms with Crippen molar-refractivity contribution in [2.24, 2.45) is 0 Å². The summed E-state index contributed by atoms with van der Waals surface area (Å²) in [5.74, 6) is 4.38. The van der Waals surface area contributed by atoms with Crippen LogP contribution in [0.15, 0.2) is 18.2 Å². The van der Waals surface area contributed by atoms with Crippen molar-refractivity contribution in [1.82, 2.24) is 0 Å². The highest BCUT2D eigenvalue weighted by atomic mass is 32.2. The summed E-state index contributed by atoms with van der Waals surface area (Å²) in [4.78, 5) is 0. The molecule has 1 aromatic carbocycles. The lowest BCUT2D eigenvalue weighted by atomic mass is 10.2. The first kappa shape index (κ1) is 16.4. The number of ether oxygens (including phenoxy) is 1. The Kier molecular flexibility index (Phi) is 6.45. The van der Waals surface area contributed by atoms with Crippen molar-refractivity contribution in [2.75, 3.05) is 30.8 Å². The minimum atomic E-state index is -3.54. The molecule has 0 spiro atoms. The van der Waals surface area contributed by atoms with Crippen LogP contribution in [0.3, 0.4) is 0 Å². The van der Waals surface area contributed by atoms with E-state index >= 15 is 0 Å². The number of methoxy groups -OCH3 is 1. The second kappa shape index (κ2) is 7.85. The molecule has 7 heteroatoms. The Labute approximate surface area is 117 Å². The molecule has 5 nitrogen and oxygen atoms in total. The number of rotatable bonds is 6. The fraction of sp³-hybridized carbons (Fsp3) is 0.385. The number of benzene rings is 1. The number of halogens is 1. The summed E-state index contributed by atoms with van der Waals surface area (Å²) in [6.45, 7) is -0.0440. The zero-order chi connectivity index (χ0) is 15.0. The molecule has 0 aliphatic carbocycles. The number of hydrogen-bond acceptors (Lipinski definition) is 4. The lowest BCUT2D eigenvalue weighted by Gasteiger charge is -2.08. The van der Waals surface area contributed by atoms with E-state index in [2.05, 4.69) is 16.6 Å². The number of aliphatic hydroxyl groups is 1. The average molecular weight is 301 g/mol. The van der Waals surface area contributed by atoms with Gasteiger partial charge in [0.15, 0.2) is 0 Å². The molecule has 0 saturated heterocycles. The predicted molar refractivity (Wildman–Crippen MR) is 74.3 cm³/mol. The Hall–Kier alpha value is -1.62. The molecule has 0 radical (unpaired) electrons. The molecular weight excluding hydrogens is 285 g/mol. The maximum Gasteiger partial charge on any atom is 0.235 e. The van der Waals surface area contributed by atoms with Gasteiger partial charge >= 0.3 is 0 Å². The number of nitrogens with one attached hydrogen (secondary N) is 1. The monoisotopic (exact) mass is 301 g/mol. The van der Waals surface area contributed by atoms with E-state index in [1.807, 2.05) is 0 Å². The second-order valence-electron chi connectivity index (χ2n) is 3.88. The highest BCUT2D eigenvalue weighted by Gasteiger charge is 2.11. The first-order valence-corrected chi connectivity index (χ1v) is 7.52. The molecule has 0 heterocycles. The molecule has 0 saturated carbocycles. The average Bonchev–Trinajstić information content (AvgIpc) is 2.40. The van der Waals surface area contributed by atoms with Crippen LogP contribution in [0, 0.1) is 17.7 Å². The van der Waals surface area contributed by atoms with Gasteiger partial charge in [0, 0.05) is 19.2 Å².